The average Bonchev–Trinajstić information content (AvgIpc) is 3.36. The number of methoxy groups -OCH3 is 1. The van der Waals surface area contributed by atoms with E-state index < -0.39 is 36.6 Å². The molecule has 1 unspecified atom stereocenters. The van der Waals surface area contributed by atoms with Crippen LogP contribution in [0.1, 0.15) is 67.8 Å². The summed E-state index contributed by atoms with van der Waals surface area (Å²) < 4.78 is 75.4. The van der Waals surface area contributed by atoms with Crippen molar-refractivity contribution in [1.82, 2.24) is 14.9 Å². The maximum atomic E-state index is 14.2. The van der Waals surface area contributed by atoms with Crippen molar-refractivity contribution in [2.24, 2.45) is 5.92 Å². The Kier molecular flexibility index (Phi) is 15.3. The standard InChI is InChI=1S/C27H33F5N4O2S.2CH2O/c1-6-8-17(9-7-2)26(37)36(4)23(27(30,31)32)16-10-12-18(13-11-16)35-19-14-33-25-21(34-15(3)39-25)20(19)22(38-5)24(28)29;2*1-2/h10-14,17,22-24,35H,6-9H2,1-5H3;2*1H2/t22?,23-;;/m0../s1. The monoisotopic (exact) mass is 632 g/mol. The minimum atomic E-state index is -4.70. The second-order valence-electron chi connectivity index (χ2n) is 9.38. The van der Waals surface area contributed by atoms with Gasteiger partial charge in [-0.25, -0.2) is 18.7 Å². The number of aryl methyl sites for hydroxylation is 1. The molecule has 0 saturated carbocycles. The van der Waals surface area contributed by atoms with E-state index in [2.05, 4.69) is 15.3 Å². The Hall–Kier alpha value is -3.52. The van der Waals surface area contributed by atoms with Crippen LogP contribution in [0.2, 0.25) is 0 Å². The van der Waals surface area contributed by atoms with Crippen LogP contribution in [0.4, 0.5) is 33.3 Å². The number of hydrogen-bond acceptors (Lipinski definition) is 8. The summed E-state index contributed by atoms with van der Waals surface area (Å²) in [7, 11) is 2.35. The fourth-order valence-electron chi connectivity index (χ4n) is 4.77. The van der Waals surface area contributed by atoms with Gasteiger partial charge in [0.25, 0.3) is 6.43 Å². The van der Waals surface area contributed by atoms with Crippen LogP contribution < -0.4 is 5.32 Å². The molecular formula is C29H37F5N4O4S. The van der Waals surface area contributed by atoms with Gasteiger partial charge in [0.1, 0.15) is 30.0 Å². The van der Waals surface area contributed by atoms with Crippen LogP contribution in [0.15, 0.2) is 30.5 Å². The highest BCUT2D eigenvalue weighted by Crippen LogP contribution is 2.40. The molecule has 1 N–H and O–H groups in total. The lowest BCUT2D eigenvalue weighted by Gasteiger charge is -2.33. The van der Waals surface area contributed by atoms with Gasteiger partial charge in [0.15, 0.2) is 6.04 Å². The van der Waals surface area contributed by atoms with E-state index >= 15 is 0 Å². The quantitative estimate of drug-likeness (QED) is 0.205. The maximum absolute atomic E-state index is 14.2. The van der Waals surface area contributed by atoms with Crippen LogP contribution in [0.3, 0.4) is 0 Å². The van der Waals surface area contributed by atoms with Gasteiger partial charge in [0, 0.05) is 31.3 Å². The average molecular weight is 633 g/mol. The van der Waals surface area contributed by atoms with Crippen LogP contribution >= 0.6 is 11.3 Å². The summed E-state index contributed by atoms with van der Waals surface area (Å²) in [5.41, 5.74) is 0.831. The molecule has 43 heavy (non-hydrogen) atoms. The van der Waals surface area contributed by atoms with Crippen LogP contribution in [-0.2, 0) is 19.1 Å². The number of thiazole rings is 1. The highest BCUT2D eigenvalue weighted by Gasteiger charge is 2.46. The summed E-state index contributed by atoms with van der Waals surface area (Å²) >= 11 is 1.25. The van der Waals surface area contributed by atoms with Crippen molar-refractivity contribution in [3.63, 3.8) is 0 Å². The summed E-state index contributed by atoms with van der Waals surface area (Å²) in [5, 5.41) is 3.62. The Labute approximate surface area is 251 Å². The number of anilines is 2. The van der Waals surface area contributed by atoms with Crippen molar-refractivity contribution in [2.75, 3.05) is 19.5 Å². The number of ether oxygens (including phenoxy) is 1. The largest absolute Gasteiger partial charge is 0.413 e. The molecule has 8 nitrogen and oxygen atoms in total. The predicted molar refractivity (Wildman–Crippen MR) is 157 cm³/mol. The Morgan fingerprint density at radius 1 is 1.07 bits per heavy atom. The van der Waals surface area contributed by atoms with Gasteiger partial charge >= 0.3 is 6.18 Å². The number of fused-ring (bicyclic) bond motifs is 1. The number of nitrogens with one attached hydrogen (secondary N) is 1. The Morgan fingerprint density at radius 2 is 1.63 bits per heavy atom. The fraction of sp³-hybridized carbons (Fsp3) is 0.483. The number of pyridine rings is 1. The first-order valence-electron chi connectivity index (χ1n) is 13.3. The number of carbonyl (C=O) groups excluding carboxylic acids is 3. The zero-order valence-corrected chi connectivity index (χ0v) is 25.5. The van der Waals surface area contributed by atoms with Gasteiger partial charge in [-0.1, -0.05) is 50.2 Å². The molecule has 0 saturated heterocycles. The molecule has 0 fully saturated rings. The van der Waals surface area contributed by atoms with Crippen LogP contribution in [0.5, 0.6) is 0 Å². The normalized spacial score (nSPS) is 12.7. The molecule has 3 rings (SSSR count). The molecule has 1 amide bonds. The number of benzene rings is 1. The fourth-order valence-corrected chi connectivity index (χ4v) is 5.55. The topological polar surface area (TPSA) is 101 Å². The second-order valence-corrected chi connectivity index (χ2v) is 10.6. The molecule has 0 spiro atoms. The molecular weight excluding hydrogens is 595 g/mol. The SMILES string of the molecule is C=O.C=O.CCCC(CCC)C(=O)N(C)[C@@H](c1ccc(Nc2cnc3sc(C)nc3c2C(OC)C(F)F)cc1)C(F)(F)F. The third-order valence-electron chi connectivity index (χ3n) is 6.51. The van der Waals surface area contributed by atoms with Crippen molar-refractivity contribution >= 4 is 52.5 Å². The molecule has 0 aliphatic heterocycles. The lowest BCUT2D eigenvalue weighted by atomic mass is 9.95. The van der Waals surface area contributed by atoms with E-state index in [1.165, 1.54) is 56.0 Å². The van der Waals surface area contributed by atoms with Gasteiger partial charge in [-0.3, -0.25) is 4.79 Å². The summed E-state index contributed by atoms with van der Waals surface area (Å²) in [6.45, 7) is 9.53. The minimum Gasteiger partial charge on any atom is -0.371 e. The Bertz CT molecular complexity index is 1280. The zero-order chi connectivity index (χ0) is 32.9. The highest BCUT2D eigenvalue weighted by molar-refractivity contribution is 7.18. The number of rotatable bonds is 12. The van der Waals surface area contributed by atoms with Crippen LogP contribution in [0.25, 0.3) is 10.3 Å². The van der Waals surface area contributed by atoms with Gasteiger partial charge in [-0.15, -0.1) is 0 Å². The van der Waals surface area contributed by atoms with Crippen molar-refractivity contribution in [3.05, 3.63) is 46.6 Å². The van der Waals surface area contributed by atoms with E-state index in [0.29, 0.717) is 41.2 Å². The molecule has 2 heterocycles. The van der Waals surface area contributed by atoms with E-state index in [1.807, 2.05) is 27.4 Å². The van der Waals surface area contributed by atoms with Crippen LogP contribution in [0, 0.1) is 12.8 Å². The third kappa shape index (κ3) is 9.48. The highest BCUT2D eigenvalue weighted by atomic mass is 32.1. The molecule has 0 radical (unpaired) electrons. The summed E-state index contributed by atoms with van der Waals surface area (Å²) in [5.74, 6) is -1.02. The molecule has 0 bridgehead atoms. The number of alkyl halides is 5. The molecule has 3 aromatic rings. The van der Waals surface area contributed by atoms with E-state index in [4.69, 9.17) is 14.3 Å². The molecule has 2 atom stereocenters. The van der Waals surface area contributed by atoms with Crippen LogP contribution in [-0.4, -0.2) is 61.1 Å². The first kappa shape index (κ1) is 37.5. The number of aromatic nitrogens is 2. The van der Waals surface area contributed by atoms with E-state index in [1.54, 1.807) is 6.92 Å². The molecule has 2 aromatic heterocycles. The second kappa shape index (κ2) is 17.6. The summed E-state index contributed by atoms with van der Waals surface area (Å²) in [4.78, 5) is 38.9. The van der Waals surface area contributed by atoms with Crippen molar-refractivity contribution in [2.45, 2.75) is 71.2 Å². The van der Waals surface area contributed by atoms with E-state index in [0.717, 1.165) is 4.90 Å². The van der Waals surface area contributed by atoms with E-state index in [-0.39, 0.29) is 22.3 Å². The molecule has 0 aliphatic rings. The van der Waals surface area contributed by atoms with Gasteiger partial charge in [-0.2, -0.15) is 13.2 Å². The number of halogens is 5. The smallest absolute Gasteiger partial charge is 0.371 e. The first-order valence-corrected chi connectivity index (χ1v) is 14.1. The third-order valence-corrected chi connectivity index (χ3v) is 7.39. The number of hydrogen-bond donors (Lipinski definition) is 1. The van der Waals surface area contributed by atoms with Gasteiger partial charge in [0.2, 0.25) is 5.91 Å². The zero-order valence-electron chi connectivity index (χ0n) is 24.7. The summed E-state index contributed by atoms with van der Waals surface area (Å²) in [6, 6.07) is 3.24. The van der Waals surface area contributed by atoms with Gasteiger partial charge < -0.3 is 24.5 Å². The Balaban J connectivity index is 0.00000221. The molecule has 0 aliphatic carbocycles. The molecule has 238 valence electrons. The maximum Gasteiger partial charge on any atom is 0.413 e. The lowest BCUT2D eigenvalue weighted by molar-refractivity contribution is -0.190. The first-order chi connectivity index (χ1) is 20.4. The van der Waals surface area contributed by atoms with Gasteiger partial charge in [0.05, 0.1) is 16.9 Å². The summed E-state index contributed by atoms with van der Waals surface area (Å²) in [6.07, 6.45) is -5.34. The van der Waals surface area contributed by atoms with Crippen molar-refractivity contribution < 1.29 is 41.1 Å². The van der Waals surface area contributed by atoms with Crippen molar-refractivity contribution in [3.8, 4) is 0 Å². The van der Waals surface area contributed by atoms with E-state index in [9.17, 15) is 26.7 Å². The number of amides is 1. The number of carbonyl (C=O) groups is 3. The molecule has 1 aromatic carbocycles. The Morgan fingerprint density at radius 3 is 2.09 bits per heavy atom. The number of nitrogens with zero attached hydrogens (tertiary/aromatic N) is 3. The predicted octanol–water partition coefficient (Wildman–Crippen LogP) is 7.60. The lowest BCUT2D eigenvalue weighted by Crippen LogP contribution is -2.42. The minimum absolute atomic E-state index is 0.109. The van der Waals surface area contributed by atoms with Crippen molar-refractivity contribution in [1.29, 1.82) is 0 Å². The van der Waals surface area contributed by atoms with Gasteiger partial charge in [-0.05, 0) is 37.5 Å². The molecule has 14 heteroatoms.